The minimum absolute atomic E-state index is 0.163. The van der Waals surface area contributed by atoms with Crippen LogP contribution in [0.4, 0.5) is 11.6 Å². The summed E-state index contributed by atoms with van der Waals surface area (Å²) in [5.74, 6) is 0.923. The van der Waals surface area contributed by atoms with E-state index in [-0.39, 0.29) is 16.6 Å². The van der Waals surface area contributed by atoms with Crippen LogP contribution < -0.4 is 15.0 Å². The third kappa shape index (κ3) is 5.57. The van der Waals surface area contributed by atoms with Crippen LogP contribution in [0, 0.1) is 6.92 Å². The van der Waals surface area contributed by atoms with E-state index in [0.29, 0.717) is 18.2 Å². The van der Waals surface area contributed by atoms with E-state index in [1.54, 1.807) is 0 Å². The quantitative estimate of drug-likeness (QED) is 0.627. The van der Waals surface area contributed by atoms with Crippen LogP contribution in [-0.4, -0.2) is 35.6 Å². The van der Waals surface area contributed by atoms with E-state index < -0.39 is 0 Å². The van der Waals surface area contributed by atoms with Crippen molar-refractivity contribution in [1.29, 1.82) is 0 Å². The molecule has 6 nitrogen and oxygen atoms in total. The molecule has 2 aromatic rings. The predicted octanol–water partition coefficient (Wildman–Crippen LogP) is 4.72. The molecule has 0 spiro atoms. The number of benzene rings is 1. The van der Waals surface area contributed by atoms with Gasteiger partial charge in [0.1, 0.15) is 5.75 Å². The molecule has 0 radical (unpaired) electrons. The molecule has 0 saturated carbocycles. The second-order valence-corrected chi connectivity index (χ2v) is 6.58. The van der Waals surface area contributed by atoms with E-state index in [4.69, 9.17) is 16.3 Å². The number of amides is 1. The molecule has 1 amide bonds. The van der Waals surface area contributed by atoms with Crippen LogP contribution in [0.2, 0.25) is 5.02 Å². The number of nitrogens with zero attached hydrogens (tertiary/aromatic N) is 3. The Balaban J connectivity index is 2.16. The van der Waals surface area contributed by atoms with Gasteiger partial charge in [-0.3, -0.25) is 4.79 Å². The van der Waals surface area contributed by atoms with E-state index in [9.17, 15) is 4.79 Å². The fraction of sp³-hybridized carbons (Fsp3) is 0.450. The lowest BCUT2D eigenvalue weighted by Crippen LogP contribution is -2.25. The molecule has 1 heterocycles. The number of anilines is 2. The van der Waals surface area contributed by atoms with Gasteiger partial charge in [0.15, 0.2) is 5.69 Å². The van der Waals surface area contributed by atoms with Gasteiger partial charge in [0, 0.05) is 18.8 Å². The first-order valence-electron chi connectivity index (χ1n) is 9.32. The summed E-state index contributed by atoms with van der Waals surface area (Å²) in [5, 5.41) is 3.10. The molecule has 2 rings (SSSR count). The smallest absolute Gasteiger partial charge is 0.276 e. The molecule has 0 fully saturated rings. The molecule has 0 unspecified atom stereocenters. The lowest BCUT2D eigenvalue weighted by molar-refractivity contribution is 0.102. The second kappa shape index (κ2) is 10.1. The van der Waals surface area contributed by atoms with Crippen molar-refractivity contribution < 1.29 is 9.53 Å². The molecule has 146 valence electrons. The van der Waals surface area contributed by atoms with E-state index in [2.05, 4.69) is 22.2 Å². The first-order valence-corrected chi connectivity index (χ1v) is 9.70. The third-order valence-corrected chi connectivity index (χ3v) is 4.48. The van der Waals surface area contributed by atoms with Crippen LogP contribution in [0.25, 0.3) is 0 Å². The number of carbonyl (C=O) groups is 1. The van der Waals surface area contributed by atoms with Crippen molar-refractivity contribution >= 4 is 29.1 Å². The number of hydrogen-bond acceptors (Lipinski definition) is 5. The summed E-state index contributed by atoms with van der Waals surface area (Å²) < 4.78 is 5.70. The molecule has 0 atom stereocenters. The van der Waals surface area contributed by atoms with Crippen molar-refractivity contribution in [1.82, 2.24) is 9.97 Å². The molecule has 0 saturated heterocycles. The van der Waals surface area contributed by atoms with E-state index in [1.807, 2.05) is 43.9 Å². The molecule has 7 heteroatoms. The topological polar surface area (TPSA) is 67.3 Å². The summed E-state index contributed by atoms with van der Waals surface area (Å²) in [6, 6.07) is 5.59. The number of rotatable bonds is 9. The number of carbonyl (C=O) groups excluding carboxylic acids is 1. The van der Waals surface area contributed by atoms with Gasteiger partial charge in [-0.05, 0) is 51.0 Å². The molecule has 1 aromatic heterocycles. The van der Waals surface area contributed by atoms with Crippen LogP contribution in [0.1, 0.15) is 49.7 Å². The van der Waals surface area contributed by atoms with Crippen molar-refractivity contribution in [2.75, 3.05) is 29.9 Å². The molecule has 0 aliphatic heterocycles. The maximum Gasteiger partial charge on any atom is 0.276 e. The van der Waals surface area contributed by atoms with Gasteiger partial charge >= 0.3 is 0 Å². The van der Waals surface area contributed by atoms with Gasteiger partial charge in [0.25, 0.3) is 5.91 Å². The molecule has 1 aromatic carbocycles. The number of hydrogen-bond donors (Lipinski definition) is 1. The van der Waals surface area contributed by atoms with Gasteiger partial charge in [-0.2, -0.15) is 0 Å². The van der Waals surface area contributed by atoms with E-state index in [0.717, 1.165) is 37.2 Å². The third-order valence-electron chi connectivity index (χ3n) is 4.21. The van der Waals surface area contributed by atoms with Gasteiger partial charge < -0.3 is 15.0 Å². The van der Waals surface area contributed by atoms with Crippen LogP contribution in [0.5, 0.6) is 5.75 Å². The van der Waals surface area contributed by atoms with Crippen LogP contribution in [-0.2, 0) is 0 Å². The Morgan fingerprint density at radius 1 is 1.26 bits per heavy atom. The summed E-state index contributed by atoms with van der Waals surface area (Å²) in [6.45, 7) is 10.2. The Labute approximate surface area is 165 Å². The average Bonchev–Trinajstić information content (AvgIpc) is 2.66. The number of aromatic nitrogens is 2. The summed E-state index contributed by atoms with van der Waals surface area (Å²) in [7, 11) is 0. The van der Waals surface area contributed by atoms with Crippen molar-refractivity contribution in [2.24, 2.45) is 0 Å². The van der Waals surface area contributed by atoms with Gasteiger partial charge in [-0.15, -0.1) is 0 Å². The van der Waals surface area contributed by atoms with Crippen molar-refractivity contribution in [2.45, 2.75) is 40.5 Å². The number of ether oxygens (including phenoxy) is 1. The van der Waals surface area contributed by atoms with Crippen LogP contribution in [0.3, 0.4) is 0 Å². The first-order chi connectivity index (χ1) is 13.0. The standard InChI is InChI=1S/C20H27ClN4O2/c1-5-8-11-27-15-9-10-17(14(4)12-15)23-19(26)18-16(21)13-22-20(24-18)25(6-2)7-3/h9-10,12-13H,5-8,11H2,1-4H3,(H,23,26). The van der Waals surface area contributed by atoms with Crippen LogP contribution in [0.15, 0.2) is 24.4 Å². The molecular weight excluding hydrogens is 364 g/mol. The maximum atomic E-state index is 12.7. The summed E-state index contributed by atoms with van der Waals surface area (Å²) in [6.07, 6.45) is 3.57. The van der Waals surface area contributed by atoms with Crippen molar-refractivity contribution in [3.8, 4) is 5.75 Å². The number of halogens is 1. The Kier molecular flexibility index (Phi) is 7.85. The van der Waals surface area contributed by atoms with Gasteiger partial charge in [0.2, 0.25) is 5.95 Å². The van der Waals surface area contributed by atoms with Gasteiger partial charge in [0.05, 0.1) is 17.8 Å². The highest BCUT2D eigenvalue weighted by atomic mass is 35.5. The molecular formula is C20H27ClN4O2. The molecule has 0 aliphatic rings. The zero-order valence-electron chi connectivity index (χ0n) is 16.4. The Morgan fingerprint density at radius 2 is 2.00 bits per heavy atom. The van der Waals surface area contributed by atoms with Gasteiger partial charge in [-0.25, -0.2) is 9.97 Å². The highest BCUT2D eigenvalue weighted by Crippen LogP contribution is 2.23. The molecule has 27 heavy (non-hydrogen) atoms. The fourth-order valence-corrected chi connectivity index (χ4v) is 2.73. The molecule has 1 N–H and O–H groups in total. The van der Waals surface area contributed by atoms with E-state index in [1.165, 1.54) is 6.20 Å². The zero-order chi connectivity index (χ0) is 19.8. The average molecular weight is 391 g/mol. The van der Waals surface area contributed by atoms with Crippen LogP contribution >= 0.6 is 11.6 Å². The first kappa shape index (κ1) is 21.0. The monoisotopic (exact) mass is 390 g/mol. The minimum Gasteiger partial charge on any atom is -0.494 e. The largest absolute Gasteiger partial charge is 0.494 e. The number of unbranched alkanes of at least 4 members (excludes halogenated alkanes) is 1. The van der Waals surface area contributed by atoms with Crippen molar-refractivity contribution in [3.63, 3.8) is 0 Å². The fourth-order valence-electron chi connectivity index (χ4n) is 2.56. The SMILES string of the molecule is CCCCOc1ccc(NC(=O)c2nc(N(CC)CC)ncc2Cl)c(C)c1. The molecule has 0 aliphatic carbocycles. The predicted molar refractivity (Wildman–Crippen MR) is 110 cm³/mol. The van der Waals surface area contributed by atoms with Crippen molar-refractivity contribution in [3.05, 3.63) is 40.7 Å². The minimum atomic E-state index is -0.362. The number of nitrogens with one attached hydrogen (secondary N) is 1. The Morgan fingerprint density at radius 3 is 2.63 bits per heavy atom. The van der Waals surface area contributed by atoms with Gasteiger partial charge in [-0.1, -0.05) is 24.9 Å². The normalized spacial score (nSPS) is 10.6. The Bertz CT molecular complexity index is 779. The zero-order valence-corrected chi connectivity index (χ0v) is 17.1. The highest BCUT2D eigenvalue weighted by Gasteiger charge is 2.17. The highest BCUT2D eigenvalue weighted by molar-refractivity contribution is 6.34. The second-order valence-electron chi connectivity index (χ2n) is 6.17. The molecule has 0 bridgehead atoms. The maximum absolute atomic E-state index is 12.7. The lowest BCUT2D eigenvalue weighted by Gasteiger charge is -2.19. The van der Waals surface area contributed by atoms with E-state index >= 15 is 0 Å². The summed E-state index contributed by atoms with van der Waals surface area (Å²) in [5.41, 5.74) is 1.77. The summed E-state index contributed by atoms with van der Waals surface area (Å²) >= 11 is 6.16. The number of aryl methyl sites for hydroxylation is 1. The lowest BCUT2D eigenvalue weighted by atomic mass is 10.2. The Hall–Kier alpha value is -2.34. The summed E-state index contributed by atoms with van der Waals surface area (Å²) in [4.78, 5) is 23.2.